The van der Waals surface area contributed by atoms with Gasteiger partial charge in [0.2, 0.25) is 16.8 Å². The summed E-state index contributed by atoms with van der Waals surface area (Å²) in [6, 6.07) is 10.0. The number of hydrogen-bond donors (Lipinski definition) is 2. The van der Waals surface area contributed by atoms with Crippen molar-refractivity contribution in [2.75, 3.05) is 20.4 Å². The molecule has 0 aliphatic carbocycles. The molecule has 7 nitrogen and oxygen atoms in total. The van der Waals surface area contributed by atoms with E-state index in [9.17, 15) is 13.5 Å². The summed E-state index contributed by atoms with van der Waals surface area (Å²) in [5.41, 5.74) is -0.0497. The van der Waals surface area contributed by atoms with E-state index in [0.29, 0.717) is 23.5 Å². The highest BCUT2D eigenvalue weighted by molar-refractivity contribution is 7.89. The van der Waals surface area contributed by atoms with Crippen LogP contribution in [0.4, 0.5) is 0 Å². The van der Waals surface area contributed by atoms with Crippen LogP contribution < -0.4 is 18.9 Å². The van der Waals surface area contributed by atoms with Crippen LogP contribution in [0.2, 0.25) is 0 Å². The molecule has 1 aliphatic heterocycles. The van der Waals surface area contributed by atoms with Gasteiger partial charge in [-0.05, 0) is 48.7 Å². The number of benzene rings is 2. The van der Waals surface area contributed by atoms with Crippen LogP contribution in [0.1, 0.15) is 25.0 Å². The Labute approximate surface area is 158 Å². The molecular formula is C19H23NO6S. The van der Waals surface area contributed by atoms with E-state index in [0.717, 1.165) is 5.56 Å². The lowest BCUT2D eigenvalue weighted by Gasteiger charge is -2.24. The molecule has 0 bridgehead atoms. The molecule has 0 saturated carbocycles. The van der Waals surface area contributed by atoms with Gasteiger partial charge in [0.15, 0.2) is 11.5 Å². The maximum absolute atomic E-state index is 12.8. The van der Waals surface area contributed by atoms with Crippen LogP contribution in [0.5, 0.6) is 17.2 Å². The van der Waals surface area contributed by atoms with Gasteiger partial charge >= 0.3 is 0 Å². The van der Waals surface area contributed by atoms with Crippen molar-refractivity contribution in [2.24, 2.45) is 0 Å². The topological polar surface area (TPSA) is 94.1 Å². The summed E-state index contributed by atoms with van der Waals surface area (Å²) < 4.78 is 43.8. The number of methoxy groups -OCH3 is 1. The quantitative estimate of drug-likeness (QED) is 0.749. The predicted molar refractivity (Wildman–Crippen MR) is 99.7 cm³/mol. The van der Waals surface area contributed by atoms with Crippen molar-refractivity contribution in [1.82, 2.24) is 4.72 Å². The van der Waals surface area contributed by atoms with Crippen LogP contribution >= 0.6 is 0 Å². The number of nitrogens with one attached hydrogen (secondary N) is 1. The van der Waals surface area contributed by atoms with Gasteiger partial charge in [0, 0.05) is 6.54 Å². The Morgan fingerprint density at radius 3 is 2.63 bits per heavy atom. The average molecular weight is 393 g/mol. The van der Waals surface area contributed by atoms with E-state index in [-0.39, 0.29) is 24.0 Å². The van der Waals surface area contributed by atoms with Gasteiger partial charge in [-0.3, -0.25) is 0 Å². The first-order chi connectivity index (χ1) is 12.8. The fraction of sp³-hybridized carbons (Fsp3) is 0.368. The number of hydrogen-bond acceptors (Lipinski definition) is 6. The summed E-state index contributed by atoms with van der Waals surface area (Å²) in [5, 5.41) is 10.8. The molecule has 1 aliphatic rings. The molecule has 1 atom stereocenters. The summed E-state index contributed by atoms with van der Waals surface area (Å²) in [6.07, 6.45) is 0.696. The third kappa shape index (κ3) is 4.02. The van der Waals surface area contributed by atoms with E-state index in [1.54, 1.807) is 30.3 Å². The van der Waals surface area contributed by atoms with E-state index < -0.39 is 15.6 Å². The molecule has 0 fully saturated rings. The average Bonchev–Trinajstić information content (AvgIpc) is 3.14. The van der Waals surface area contributed by atoms with Crippen molar-refractivity contribution in [3.8, 4) is 17.2 Å². The molecule has 8 heteroatoms. The Morgan fingerprint density at radius 2 is 1.93 bits per heavy atom. The molecule has 0 aromatic heterocycles. The predicted octanol–water partition coefficient (Wildman–Crippen LogP) is 2.17. The molecule has 27 heavy (non-hydrogen) atoms. The van der Waals surface area contributed by atoms with Gasteiger partial charge in [-0.25, -0.2) is 13.1 Å². The number of fused-ring (bicyclic) bond motifs is 1. The molecule has 0 amide bonds. The van der Waals surface area contributed by atoms with Crippen LogP contribution in [0.25, 0.3) is 0 Å². The molecule has 0 saturated heterocycles. The third-order valence-corrected chi connectivity index (χ3v) is 5.95. The first kappa shape index (κ1) is 19.5. The normalized spacial score (nSPS) is 15.4. The fourth-order valence-corrected chi connectivity index (χ4v) is 4.15. The summed E-state index contributed by atoms with van der Waals surface area (Å²) in [5.74, 6) is 1.37. The molecular weight excluding hydrogens is 370 g/mol. The largest absolute Gasteiger partial charge is 0.495 e. The van der Waals surface area contributed by atoms with Crippen molar-refractivity contribution in [2.45, 2.75) is 30.8 Å². The van der Waals surface area contributed by atoms with Crippen LogP contribution in [0.3, 0.4) is 0 Å². The van der Waals surface area contributed by atoms with Gasteiger partial charge < -0.3 is 19.3 Å². The summed E-state index contributed by atoms with van der Waals surface area (Å²) in [6.45, 7) is 3.39. The summed E-state index contributed by atoms with van der Waals surface area (Å²) >= 11 is 0. The van der Waals surface area contributed by atoms with Gasteiger partial charge in [0.05, 0.1) is 7.11 Å². The summed E-state index contributed by atoms with van der Waals surface area (Å²) in [7, 11) is -2.46. The van der Waals surface area contributed by atoms with Crippen molar-refractivity contribution >= 4 is 10.0 Å². The standard InChI is InChI=1S/C19H23NO6S/c1-4-13-5-7-16(24-3)18(9-13)27(22,23)20-11-19(2,21)14-6-8-15-17(10-14)26-12-25-15/h5-10,20-21H,4,11-12H2,1-3H3. The number of aliphatic hydroxyl groups is 1. The van der Waals surface area contributed by atoms with E-state index >= 15 is 0 Å². The van der Waals surface area contributed by atoms with Crippen LogP contribution in [-0.2, 0) is 22.0 Å². The van der Waals surface area contributed by atoms with Gasteiger partial charge in [-0.1, -0.05) is 19.1 Å². The lowest BCUT2D eigenvalue weighted by atomic mass is 9.96. The zero-order valence-corrected chi connectivity index (χ0v) is 16.3. The Hall–Kier alpha value is -2.29. The lowest BCUT2D eigenvalue weighted by molar-refractivity contribution is 0.0625. The molecule has 2 N–H and O–H groups in total. The van der Waals surface area contributed by atoms with Crippen molar-refractivity contribution in [3.63, 3.8) is 0 Å². The molecule has 0 spiro atoms. The molecule has 2 aromatic carbocycles. The van der Waals surface area contributed by atoms with E-state index in [1.807, 2.05) is 13.0 Å². The second kappa shape index (κ2) is 7.38. The minimum Gasteiger partial charge on any atom is -0.495 e. The highest BCUT2D eigenvalue weighted by Crippen LogP contribution is 2.35. The molecule has 146 valence electrons. The minimum absolute atomic E-state index is 0.0471. The van der Waals surface area contributed by atoms with Crippen LogP contribution in [-0.4, -0.2) is 34.0 Å². The number of rotatable bonds is 7. The molecule has 3 rings (SSSR count). The van der Waals surface area contributed by atoms with Crippen molar-refractivity contribution in [1.29, 1.82) is 0 Å². The minimum atomic E-state index is -3.88. The van der Waals surface area contributed by atoms with Crippen LogP contribution in [0.15, 0.2) is 41.3 Å². The maximum Gasteiger partial charge on any atom is 0.244 e. The van der Waals surface area contributed by atoms with Gasteiger partial charge in [0.1, 0.15) is 16.2 Å². The highest BCUT2D eigenvalue weighted by Gasteiger charge is 2.29. The van der Waals surface area contributed by atoms with Gasteiger partial charge in [-0.15, -0.1) is 0 Å². The first-order valence-corrected chi connectivity index (χ1v) is 10.0. The zero-order chi connectivity index (χ0) is 19.7. The Morgan fingerprint density at radius 1 is 1.19 bits per heavy atom. The van der Waals surface area contributed by atoms with Gasteiger partial charge in [-0.2, -0.15) is 0 Å². The number of sulfonamides is 1. The van der Waals surface area contributed by atoms with E-state index in [1.165, 1.54) is 14.0 Å². The number of ether oxygens (including phenoxy) is 3. The second-order valence-electron chi connectivity index (χ2n) is 6.51. The van der Waals surface area contributed by atoms with Gasteiger partial charge in [0.25, 0.3) is 0 Å². The Kier molecular flexibility index (Phi) is 5.32. The molecule has 2 aromatic rings. The van der Waals surface area contributed by atoms with Crippen LogP contribution in [0, 0.1) is 0 Å². The molecule has 0 radical (unpaired) electrons. The Bertz CT molecular complexity index is 939. The monoisotopic (exact) mass is 393 g/mol. The highest BCUT2D eigenvalue weighted by atomic mass is 32.2. The smallest absolute Gasteiger partial charge is 0.244 e. The van der Waals surface area contributed by atoms with Crippen molar-refractivity contribution < 1.29 is 27.7 Å². The number of aryl methyl sites for hydroxylation is 1. The summed E-state index contributed by atoms with van der Waals surface area (Å²) in [4.78, 5) is 0.0471. The molecule has 1 unspecified atom stereocenters. The lowest BCUT2D eigenvalue weighted by Crippen LogP contribution is -2.38. The maximum atomic E-state index is 12.8. The Balaban J connectivity index is 1.82. The fourth-order valence-electron chi connectivity index (χ4n) is 2.80. The second-order valence-corrected chi connectivity index (χ2v) is 8.24. The SMILES string of the molecule is CCc1ccc(OC)c(S(=O)(=O)NCC(C)(O)c2ccc3c(c2)OCO3)c1. The third-order valence-electron chi connectivity index (χ3n) is 4.53. The van der Waals surface area contributed by atoms with E-state index in [4.69, 9.17) is 14.2 Å². The molecule has 1 heterocycles. The zero-order valence-electron chi connectivity index (χ0n) is 15.5. The first-order valence-electron chi connectivity index (χ1n) is 8.56. The van der Waals surface area contributed by atoms with E-state index in [2.05, 4.69) is 4.72 Å². The van der Waals surface area contributed by atoms with Crippen molar-refractivity contribution in [3.05, 3.63) is 47.5 Å².